The van der Waals surface area contributed by atoms with Crippen LogP contribution in [-0.4, -0.2) is 87.5 Å². The van der Waals surface area contributed by atoms with Gasteiger partial charge in [-0.2, -0.15) is 0 Å². The van der Waals surface area contributed by atoms with Crippen molar-refractivity contribution in [2.24, 2.45) is 0 Å². The Morgan fingerprint density at radius 1 is 0.635 bits per heavy atom. The van der Waals surface area contributed by atoms with Gasteiger partial charge in [0, 0.05) is 6.42 Å². The predicted molar refractivity (Wildman–Crippen MR) is 212 cm³/mol. The van der Waals surface area contributed by atoms with Crippen LogP contribution in [0.5, 0.6) is 0 Å². The Morgan fingerprint density at radius 3 is 1.62 bits per heavy atom. The van der Waals surface area contributed by atoms with Gasteiger partial charge in [0.15, 0.2) is 6.29 Å². The van der Waals surface area contributed by atoms with Crippen molar-refractivity contribution in [1.82, 2.24) is 5.32 Å². The molecule has 9 heteroatoms. The molecule has 0 bridgehead atoms. The molecule has 0 aromatic rings. The van der Waals surface area contributed by atoms with E-state index in [2.05, 4.69) is 43.5 Å². The predicted octanol–water partition coefficient (Wildman–Crippen LogP) is 8.11. The minimum Gasteiger partial charge on any atom is -0.394 e. The lowest BCUT2D eigenvalue weighted by Gasteiger charge is -2.40. The smallest absolute Gasteiger partial charge is 0.220 e. The van der Waals surface area contributed by atoms with Crippen molar-refractivity contribution >= 4 is 5.91 Å². The van der Waals surface area contributed by atoms with Gasteiger partial charge in [-0.25, -0.2) is 0 Å². The Bertz CT molecular complexity index is 910. The van der Waals surface area contributed by atoms with Crippen LogP contribution in [-0.2, 0) is 14.3 Å². The van der Waals surface area contributed by atoms with Gasteiger partial charge in [0.25, 0.3) is 0 Å². The van der Waals surface area contributed by atoms with E-state index in [1.54, 1.807) is 6.08 Å². The van der Waals surface area contributed by atoms with Crippen LogP contribution in [0.3, 0.4) is 0 Å². The highest BCUT2D eigenvalue weighted by Gasteiger charge is 2.44. The molecule has 1 amide bonds. The lowest BCUT2D eigenvalue weighted by atomic mass is 9.99. The van der Waals surface area contributed by atoms with E-state index in [1.165, 1.54) is 96.3 Å². The lowest BCUT2D eigenvalue weighted by Crippen LogP contribution is -2.60. The summed E-state index contributed by atoms with van der Waals surface area (Å²) >= 11 is 0. The van der Waals surface area contributed by atoms with Crippen molar-refractivity contribution in [1.29, 1.82) is 0 Å². The van der Waals surface area contributed by atoms with Crippen LogP contribution in [0.4, 0.5) is 0 Å². The molecule has 0 aromatic heterocycles. The minimum absolute atomic E-state index is 0.198. The summed E-state index contributed by atoms with van der Waals surface area (Å²) in [5, 5.41) is 54.0. The number of amides is 1. The van der Waals surface area contributed by atoms with Gasteiger partial charge in [0.2, 0.25) is 5.91 Å². The van der Waals surface area contributed by atoms with Crippen LogP contribution in [0, 0.1) is 0 Å². The summed E-state index contributed by atoms with van der Waals surface area (Å²) in [6.07, 6.45) is 33.3. The molecular formula is C43H79NO8. The number of aliphatic hydroxyl groups excluding tert-OH is 5. The number of carbonyl (C=O) groups is 1. The van der Waals surface area contributed by atoms with E-state index >= 15 is 0 Å². The van der Waals surface area contributed by atoms with Crippen LogP contribution in [0.2, 0.25) is 0 Å². The number of ether oxygens (including phenoxy) is 2. The monoisotopic (exact) mass is 738 g/mol. The van der Waals surface area contributed by atoms with E-state index in [9.17, 15) is 30.3 Å². The summed E-state index contributed by atoms with van der Waals surface area (Å²) in [6, 6.07) is -0.822. The number of hydrogen-bond acceptors (Lipinski definition) is 8. The third kappa shape index (κ3) is 24.7. The van der Waals surface area contributed by atoms with Gasteiger partial charge in [-0.1, -0.05) is 147 Å². The molecule has 0 spiro atoms. The van der Waals surface area contributed by atoms with E-state index in [4.69, 9.17) is 9.47 Å². The molecule has 1 aliphatic heterocycles. The molecule has 7 unspecified atom stereocenters. The highest BCUT2D eigenvalue weighted by Crippen LogP contribution is 2.22. The van der Waals surface area contributed by atoms with Gasteiger partial charge in [-0.3, -0.25) is 4.79 Å². The van der Waals surface area contributed by atoms with Crippen molar-refractivity contribution in [3.63, 3.8) is 0 Å². The Morgan fingerprint density at radius 2 is 1.10 bits per heavy atom. The van der Waals surface area contributed by atoms with E-state index in [1.807, 2.05) is 6.08 Å². The molecular weight excluding hydrogens is 658 g/mol. The topological polar surface area (TPSA) is 149 Å². The average Bonchev–Trinajstić information content (AvgIpc) is 3.14. The minimum atomic E-state index is -1.57. The van der Waals surface area contributed by atoms with Gasteiger partial charge in [0.05, 0.1) is 25.4 Å². The maximum absolute atomic E-state index is 12.9. The summed E-state index contributed by atoms with van der Waals surface area (Å²) < 4.78 is 11.2. The third-order valence-electron chi connectivity index (χ3n) is 9.94. The van der Waals surface area contributed by atoms with Crippen molar-refractivity contribution in [3.05, 3.63) is 36.5 Å². The number of allylic oxidation sites excluding steroid dienone is 5. The van der Waals surface area contributed by atoms with E-state index in [0.29, 0.717) is 6.42 Å². The molecule has 1 heterocycles. The number of aliphatic hydroxyl groups is 5. The second-order valence-electron chi connectivity index (χ2n) is 14.8. The molecule has 52 heavy (non-hydrogen) atoms. The van der Waals surface area contributed by atoms with Crippen molar-refractivity contribution < 1.29 is 39.8 Å². The molecule has 0 aromatic carbocycles. The summed E-state index contributed by atoms with van der Waals surface area (Å²) in [5.41, 5.74) is 0. The molecule has 1 aliphatic rings. The SMILES string of the molecule is CCCCCCCCC/C=C\CCCCCCCC(=O)NC(COC1OC(CO)C(O)C(O)C1O)C(O)/C=C/CC/C=C/CCCCCCCCC. The zero-order chi connectivity index (χ0) is 38.1. The van der Waals surface area contributed by atoms with Gasteiger partial charge in [0.1, 0.15) is 24.4 Å². The lowest BCUT2D eigenvalue weighted by molar-refractivity contribution is -0.302. The fourth-order valence-corrected chi connectivity index (χ4v) is 6.46. The molecule has 0 saturated carbocycles. The van der Waals surface area contributed by atoms with Crippen molar-refractivity contribution in [2.45, 2.75) is 217 Å². The molecule has 0 radical (unpaired) electrons. The largest absolute Gasteiger partial charge is 0.394 e. The fourth-order valence-electron chi connectivity index (χ4n) is 6.46. The van der Waals surface area contributed by atoms with Gasteiger partial charge < -0.3 is 40.3 Å². The zero-order valence-corrected chi connectivity index (χ0v) is 33.1. The third-order valence-corrected chi connectivity index (χ3v) is 9.94. The molecule has 1 saturated heterocycles. The molecule has 9 nitrogen and oxygen atoms in total. The summed E-state index contributed by atoms with van der Waals surface area (Å²) in [4.78, 5) is 12.9. The normalized spacial score (nSPS) is 22.2. The second-order valence-corrected chi connectivity index (χ2v) is 14.8. The van der Waals surface area contributed by atoms with Crippen LogP contribution in [0.15, 0.2) is 36.5 Å². The Balaban J connectivity index is 2.43. The molecule has 0 aliphatic carbocycles. The van der Waals surface area contributed by atoms with Crippen molar-refractivity contribution in [2.75, 3.05) is 13.2 Å². The summed E-state index contributed by atoms with van der Waals surface area (Å²) in [5.74, 6) is -0.198. The number of carbonyl (C=O) groups excluding carboxylic acids is 1. The number of unbranched alkanes of at least 4 members (excludes halogenated alkanes) is 20. The zero-order valence-electron chi connectivity index (χ0n) is 33.1. The first kappa shape index (κ1) is 48.4. The van der Waals surface area contributed by atoms with E-state index in [-0.39, 0.29) is 12.5 Å². The van der Waals surface area contributed by atoms with Gasteiger partial charge in [-0.15, -0.1) is 0 Å². The maximum Gasteiger partial charge on any atom is 0.220 e. The molecule has 304 valence electrons. The van der Waals surface area contributed by atoms with Crippen LogP contribution >= 0.6 is 0 Å². The van der Waals surface area contributed by atoms with E-state index < -0.39 is 49.5 Å². The fraction of sp³-hybridized carbons (Fsp3) is 0.837. The van der Waals surface area contributed by atoms with Crippen LogP contribution in [0.1, 0.15) is 174 Å². The van der Waals surface area contributed by atoms with Crippen molar-refractivity contribution in [3.8, 4) is 0 Å². The average molecular weight is 738 g/mol. The first-order valence-electron chi connectivity index (χ1n) is 21.2. The second kappa shape index (κ2) is 33.9. The molecule has 1 fully saturated rings. The number of hydrogen-bond donors (Lipinski definition) is 6. The summed E-state index contributed by atoms with van der Waals surface area (Å²) in [6.45, 7) is 3.72. The molecule has 6 N–H and O–H groups in total. The van der Waals surface area contributed by atoms with Gasteiger partial charge in [-0.05, 0) is 57.8 Å². The van der Waals surface area contributed by atoms with Crippen LogP contribution in [0.25, 0.3) is 0 Å². The Kier molecular flexibility index (Phi) is 31.6. The number of nitrogens with one attached hydrogen (secondary N) is 1. The van der Waals surface area contributed by atoms with Crippen LogP contribution < -0.4 is 5.32 Å². The number of rotatable bonds is 34. The van der Waals surface area contributed by atoms with E-state index in [0.717, 1.165) is 57.8 Å². The Hall–Kier alpha value is -1.59. The molecule has 7 atom stereocenters. The highest BCUT2D eigenvalue weighted by atomic mass is 16.7. The first-order chi connectivity index (χ1) is 25.3. The molecule has 1 rings (SSSR count). The Labute approximate surface area is 317 Å². The van der Waals surface area contributed by atoms with Gasteiger partial charge >= 0.3 is 0 Å². The standard InChI is InChI=1S/C43H79NO8/c1-3-5-7-9-11-13-15-17-18-19-21-23-25-27-29-31-33-39(47)44-36(35-51-43-42(50)41(49)40(48)38(34-45)52-43)37(46)32-30-28-26-24-22-20-16-14-12-10-8-6-4-2/h18-19,22,24,30,32,36-38,40-43,45-46,48-50H,3-17,20-21,23,25-29,31,33-35H2,1-2H3,(H,44,47)/b19-18-,24-22+,32-30+. The highest BCUT2D eigenvalue weighted by molar-refractivity contribution is 5.76. The maximum atomic E-state index is 12.9. The quantitative estimate of drug-likeness (QED) is 0.0287. The summed E-state index contributed by atoms with van der Waals surface area (Å²) in [7, 11) is 0. The first-order valence-corrected chi connectivity index (χ1v) is 21.2.